The maximum absolute atomic E-state index is 9.50. The van der Waals surface area contributed by atoms with Crippen LogP contribution < -0.4 is 0 Å². The Morgan fingerprint density at radius 2 is 2.50 bits per heavy atom. The molecule has 0 aliphatic heterocycles. The zero-order chi connectivity index (χ0) is 8.55. The molecule has 0 radical (unpaired) electrons. The van der Waals surface area contributed by atoms with Gasteiger partial charge in [-0.25, -0.2) is 4.98 Å². The van der Waals surface area contributed by atoms with E-state index < -0.39 is 6.10 Å². The lowest BCUT2D eigenvalue weighted by atomic mass is 10.2. The number of aliphatic hydroxyl groups is 1. The van der Waals surface area contributed by atoms with Crippen molar-refractivity contribution in [2.45, 2.75) is 25.0 Å². The Kier molecular flexibility index (Phi) is 1.73. The molecule has 1 saturated carbocycles. The number of imidazole rings is 1. The highest BCUT2D eigenvalue weighted by molar-refractivity contribution is 5.11. The SMILES string of the molecule is C=CC(O)c1cncn1C1CC1. The van der Waals surface area contributed by atoms with Crippen molar-refractivity contribution in [2.75, 3.05) is 0 Å². The molecule has 1 fully saturated rings. The van der Waals surface area contributed by atoms with Crippen molar-refractivity contribution in [3.8, 4) is 0 Å². The van der Waals surface area contributed by atoms with Crippen molar-refractivity contribution in [3.63, 3.8) is 0 Å². The summed E-state index contributed by atoms with van der Waals surface area (Å²) in [5.41, 5.74) is 0.854. The molecule has 0 spiro atoms. The molecule has 0 saturated heterocycles. The Hall–Kier alpha value is -1.09. The second kappa shape index (κ2) is 2.75. The normalized spacial score (nSPS) is 19.1. The molecule has 12 heavy (non-hydrogen) atoms. The van der Waals surface area contributed by atoms with Crippen LogP contribution >= 0.6 is 0 Å². The molecular formula is C9H12N2O. The summed E-state index contributed by atoms with van der Waals surface area (Å²) >= 11 is 0. The summed E-state index contributed by atoms with van der Waals surface area (Å²) in [6.07, 6.45) is 6.83. The lowest BCUT2D eigenvalue weighted by Gasteiger charge is -2.08. The number of aromatic nitrogens is 2. The Morgan fingerprint density at radius 3 is 3.08 bits per heavy atom. The third kappa shape index (κ3) is 1.16. The van der Waals surface area contributed by atoms with E-state index in [1.165, 1.54) is 18.9 Å². The first-order chi connectivity index (χ1) is 5.83. The van der Waals surface area contributed by atoms with Crippen LogP contribution in [-0.4, -0.2) is 14.7 Å². The van der Waals surface area contributed by atoms with Gasteiger partial charge < -0.3 is 9.67 Å². The molecule has 1 aliphatic rings. The van der Waals surface area contributed by atoms with Crippen molar-refractivity contribution in [1.29, 1.82) is 0 Å². The zero-order valence-electron chi connectivity index (χ0n) is 6.85. The first-order valence-corrected chi connectivity index (χ1v) is 4.15. The smallest absolute Gasteiger partial charge is 0.113 e. The second-order valence-corrected chi connectivity index (χ2v) is 3.14. The average Bonchev–Trinajstić information content (AvgIpc) is 2.83. The summed E-state index contributed by atoms with van der Waals surface area (Å²) in [4.78, 5) is 4.01. The Morgan fingerprint density at radius 1 is 1.75 bits per heavy atom. The van der Waals surface area contributed by atoms with E-state index in [1.807, 2.05) is 4.57 Å². The Balaban J connectivity index is 2.28. The van der Waals surface area contributed by atoms with E-state index in [0.717, 1.165) is 5.69 Å². The van der Waals surface area contributed by atoms with Crippen molar-refractivity contribution >= 4 is 0 Å². The highest BCUT2D eigenvalue weighted by atomic mass is 16.3. The van der Waals surface area contributed by atoms with Gasteiger partial charge in [-0.2, -0.15) is 0 Å². The fourth-order valence-corrected chi connectivity index (χ4v) is 1.32. The van der Waals surface area contributed by atoms with E-state index in [1.54, 1.807) is 12.5 Å². The summed E-state index contributed by atoms with van der Waals surface area (Å²) in [6.45, 7) is 3.55. The van der Waals surface area contributed by atoms with Gasteiger partial charge in [0, 0.05) is 6.04 Å². The standard InChI is InChI=1S/C9H12N2O/c1-2-9(12)8-5-10-6-11(8)7-3-4-7/h2,5-7,9,12H,1,3-4H2. The molecule has 2 rings (SSSR count). The predicted molar refractivity (Wildman–Crippen MR) is 45.7 cm³/mol. The molecule has 1 N–H and O–H groups in total. The van der Waals surface area contributed by atoms with Gasteiger partial charge in [-0.05, 0) is 12.8 Å². The molecule has 1 unspecified atom stereocenters. The molecule has 1 aliphatic carbocycles. The van der Waals surface area contributed by atoms with Crippen LogP contribution in [0.25, 0.3) is 0 Å². The lowest BCUT2D eigenvalue weighted by molar-refractivity contribution is 0.218. The second-order valence-electron chi connectivity index (χ2n) is 3.14. The van der Waals surface area contributed by atoms with Gasteiger partial charge in [0.2, 0.25) is 0 Å². The van der Waals surface area contributed by atoms with Crippen LogP contribution in [0.5, 0.6) is 0 Å². The lowest BCUT2D eigenvalue weighted by Crippen LogP contribution is -2.02. The van der Waals surface area contributed by atoms with Crippen LogP contribution in [0.15, 0.2) is 25.2 Å². The molecule has 1 aromatic rings. The minimum absolute atomic E-state index is 0.567. The van der Waals surface area contributed by atoms with Gasteiger partial charge >= 0.3 is 0 Å². The summed E-state index contributed by atoms with van der Waals surface area (Å²) in [5, 5.41) is 9.50. The summed E-state index contributed by atoms with van der Waals surface area (Å²) in [7, 11) is 0. The zero-order valence-corrected chi connectivity index (χ0v) is 6.85. The number of rotatable bonds is 3. The van der Waals surface area contributed by atoms with E-state index in [-0.39, 0.29) is 0 Å². The molecule has 0 bridgehead atoms. The summed E-state index contributed by atoms with van der Waals surface area (Å²) < 4.78 is 2.03. The minimum atomic E-state index is -0.576. The third-order valence-corrected chi connectivity index (χ3v) is 2.16. The predicted octanol–water partition coefficient (Wildman–Crippen LogP) is 1.44. The van der Waals surface area contributed by atoms with Gasteiger partial charge in [-0.3, -0.25) is 0 Å². The first kappa shape index (κ1) is 7.55. The van der Waals surface area contributed by atoms with E-state index in [4.69, 9.17) is 0 Å². The Bertz CT molecular complexity index is 288. The molecule has 1 aromatic heterocycles. The van der Waals surface area contributed by atoms with Crippen LogP contribution in [0.2, 0.25) is 0 Å². The Labute approximate surface area is 71.4 Å². The molecule has 0 aromatic carbocycles. The summed E-state index contributed by atoms with van der Waals surface area (Å²) in [5.74, 6) is 0. The van der Waals surface area contributed by atoms with Gasteiger partial charge in [-0.15, -0.1) is 6.58 Å². The van der Waals surface area contributed by atoms with Gasteiger partial charge in [0.25, 0.3) is 0 Å². The summed E-state index contributed by atoms with van der Waals surface area (Å²) in [6, 6.07) is 0.567. The third-order valence-electron chi connectivity index (χ3n) is 2.16. The van der Waals surface area contributed by atoms with E-state index >= 15 is 0 Å². The minimum Gasteiger partial charge on any atom is -0.383 e. The largest absolute Gasteiger partial charge is 0.383 e. The fourth-order valence-electron chi connectivity index (χ4n) is 1.32. The first-order valence-electron chi connectivity index (χ1n) is 4.15. The number of nitrogens with zero attached hydrogens (tertiary/aromatic N) is 2. The number of aliphatic hydroxyl groups excluding tert-OH is 1. The molecule has 3 heteroatoms. The van der Waals surface area contributed by atoms with Crippen molar-refractivity contribution < 1.29 is 5.11 Å². The van der Waals surface area contributed by atoms with Crippen molar-refractivity contribution in [3.05, 3.63) is 30.9 Å². The quantitative estimate of drug-likeness (QED) is 0.686. The van der Waals surface area contributed by atoms with Crippen LogP contribution in [0.4, 0.5) is 0 Å². The highest BCUT2D eigenvalue weighted by Gasteiger charge is 2.26. The van der Waals surface area contributed by atoms with Crippen molar-refractivity contribution in [2.24, 2.45) is 0 Å². The van der Waals surface area contributed by atoms with Gasteiger partial charge in [0.05, 0.1) is 18.2 Å². The molecular weight excluding hydrogens is 152 g/mol. The molecule has 1 heterocycles. The maximum Gasteiger partial charge on any atom is 0.113 e. The number of hydrogen-bond donors (Lipinski definition) is 1. The molecule has 3 nitrogen and oxygen atoms in total. The highest BCUT2D eigenvalue weighted by Crippen LogP contribution is 2.36. The van der Waals surface area contributed by atoms with E-state index in [0.29, 0.717) is 6.04 Å². The van der Waals surface area contributed by atoms with Crippen LogP contribution in [0.3, 0.4) is 0 Å². The fraction of sp³-hybridized carbons (Fsp3) is 0.444. The van der Waals surface area contributed by atoms with Crippen LogP contribution in [0, 0.1) is 0 Å². The topological polar surface area (TPSA) is 38.1 Å². The maximum atomic E-state index is 9.50. The van der Waals surface area contributed by atoms with Gasteiger partial charge in [-0.1, -0.05) is 6.08 Å². The average molecular weight is 164 g/mol. The monoisotopic (exact) mass is 164 g/mol. The van der Waals surface area contributed by atoms with Gasteiger partial charge in [0.15, 0.2) is 0 Å². The molecule has 0 amide bonds. The van der Waals surface area contributed by atoms with Crippen LogP contribution in [0.1, 0.15) is 30.7 Å². The molecule has 1 atom stereocenters. The van der Waals surface area contributed by atoms with Gasteiger partial charge in [0.1, 0.15) is 6.10 Å². The van der Waals surface area contributed by atoms with Crippen LogP contribution in [-0.2, 0) is 0 Å². The van der Waals surface area contributed by atoms with E-state index in [2.05, 4.69) is 11.6 Å². The molecule has 64 valence electrons. The van der Waals surface area contributed by atoms with E-state index in [9.17, 15) is 5.11 Å². The number of hydrogen-bond acceptors (Lipinski definition) is 2. The van der Waals surface area contributed by atoms with Crippen molar-refractivity contribution in [1.82, 2.24) is 9.55 Å².